The van der Waals surface area contributed by atoms with Gasteiger partial charge in [0.15, 0.2) is 0 Å². The molecule has 0 aromatic heterocycles. The van der Waals surface area contributed by atoms with Crippen LogP contribution in [0, 0.1) is 0 Å². The second kappa shape index (κ2) is 8.41. The Kier molecular flexibility index (Phi) is 6.23. The van der Waals surface area contributed by atoms with Gasteiger partial charge in [-0.15, -0.1) is 0 Å². The van der Waals surface area contributed by atoms with Gasteiger partial charge < -0.3 is 10.2 Å². The average Bonchev–Trinajstić information content (AvgIpc) is 2.60. The molecular formula is C18H18BrCl2N3O. The van der Waals surface area contributed by atoms with Crippen molar-refractivity contribution in [3.05, 3.63) is 57.0 Å². The molecule has 1 aliphatic rings. The van der Waals surface area contributed by atoms with Gasteiger partial charge in [-0.1, -0.05) is 35.3 Å². The summed E-state index contributed by atoms with van der Waals surface area (Å²) in [5.74, 6) is -0.00473. The van der Waals surface area contributed by atoms with Crippen LogP contribution in [0.1, 0.15) is 0 Å². The molecule has 25 heavy (non-hydrogen) atoms. The Morgan fingerprint density at radius 2 is 1.76 bits per heavy atom. The van der Waals surface area contributed by atoms with Gasteiger partial charge in [0.05, 0.1) is 22.3 Å². The van der Waals surface area contributed by atoms with E-state index in [9.17, 15) is 4.79 Å². The smallest absolute Gasteiger partial charge is 0.238 e. The molecule has 0 atom stereocenters. The van der Waals surface area contributed by atoms with Crippen LogP contribution in [-0.2, 0) is 4.79 Å². The molecule has 1 heterocycles. The molecule has 7 heteroatoms. The first kappa shape index (κ1) is 18.5. The summed E-state index contributed by atoms with van der Waals surface area (Å²) in [6.07, 6.45) is 0. The maximum atomic E-state index is 12.2. The van der Waals surface area contributed by atoms with Crippen LogP contribution >= 0.6 is 39.1 Å². The Balaban J connectivity index is 1.51. The largest absolute Gasteiger partial charge is 0.369 e. The van der Waals surface area contributed by atoms with Crippen LogP contribution in [0.5, 0.6) is 0 Å². The van der Waals surface area contributed by atoms with Crippen molar-refractivity contribution in [1.29, 1.82) is 0 Å². The molecule has 3 rings (SSSR count). The topological polar surface area (TPSA) is 35.6 Å². The first-order valence-corrected chi connectivity index (χ1v) is 9.54. The number of benzene rings is 2. The monoisotopic (exact) mass is 441 g/mol. The first-order valence-electron chi connectivity index (χ1n) is 7.99. The number of nitrogens with one attached hydrogen (secondary N) is 1. The molecule has 4 nitrogen and oxygen atoms in total. The fourth-order valence-electron chi connectivity index (χ4n) is 2.80. The Labute approximate surface area is 165 Å². The molecule has 0 bridgehead atoms. The summed E-state index contributed by atoms with van der Waals surface area (Å²) in [5, 5.41) is 4.07. The van der Waals surface area contributed by atoms with Gasteiger partial charge in [-0.05, 0) is 46.3 Å². The zero-order valence-electron chi connectivity index (χ0n) is 13.5. The van der Waals surface area contributed by atoms with Crippen molar-refractivity contribution >= 4 is 56.4 Å². The van der Waals surface area contributed by atoms with Crippen molar-refractivity contribution in [3.63, 3.8) is 0 Å². The molecule has 0 aliphatic carbocycles. The highest BCUT2D eigenvalue weighted by atomic mass is 79.9. The predicted molar refractivity (Wildman–Crippen MR) is 108 cm³/mol. The second-order valence-electron chi connectivity index (χ2n) is 5.89. The van der Waals surface area contributed by atoms with E-state index in [1.807, 2.05) is 42.5 Å². The maximum absolute atomic E-state index is 12.2. The summed E-state index contributed by atoms with van der Waals surface area (Å²) in [5.41, 5.74) is 1.86. The molecule has 1 amide bonds. The number of para-hydroxylation sites is 1. The number of carbonyl (C=O) groups is 1. The van der Waals surface area contributed by atoms with Crippen molar-refractivity contribution in [1.82, 2.24) is 4.90 Å². The number of hydrogen-bond acceptors (Lipinski definition) is 3. The summed E-state index contributed by atoms with van der Waals surface area (Å²) in [6, 6.07) is 13.3. The van der Waals surface area contributed by atoms with Crippen molar-refractivity contribution in [2.45, 2.75) is 0 Å². The highest BCUT2D eigenvalue weighted by Crippen LogP contribution is 2.27. The summed E-state index contributed by atoms with van der Waals surface area (Å²) in [4.78, 5) is 16.7. The van der Waals surface area contributed by atoms with Crippen LogP contribution in [0.2, 0.25) is 10.0 Å². The van der Waals surface area contributed by atoms with E-state index in [1.54, 1.807) is 0 Å². The van der Waals surface area contributed by atoms with Crippen molar-refractivity contribution in [2.24, 2.45) is 0 Å². The van der Waals surface area contributed by atoms with Gasteiger partial charge in [-0.3, -0.25) is 9.69 Å². The molecule has 1 fully saturated rings. The Morgan fingerprint density at radius 3 is 2.44 bits per heavy atom. The minimum atomic E-state index is -0.00473. The summed E-state index contributed by atoms with van der Waals surface area (Å²) >= 11 is 15.5. The summed E-state index contributed by atoms with van der Waals surface area (Å²) in [6.45, 7) is 3.73. The Bertz CT molecular complexity index is 764. The quantitative estimate of drug-likeness (QED) is 0.756. The summed E-state index contributed by atoms with van der Waals surface area (Å²) in [7, 11) is 0. The van der Waals surface area contributed by atoms with Gasteiger partial charge in [0.25, 0.3) is 0 Å². The fraction of sp³-hybridized carbons (Fsp3) is 0.278. The molecule has 0 spiro atoms. The average molecular weight is 443 g/mol. The lowest BCUT2D eigenvalue weighted by Crippen LogP contribution is -2.48. The highest BCUT2D eigenvalue weighted by Gasteiger charge is 2.20. The van der Waals surface area contributed by atoms with E-state index in [-0.39, 0.29) is 5.91 Å². The number of anilines is 2. The zero-order valence-corrected chi connectivity index (χ0v) is 16.6. The molecule has 1 aliphatic heterocycles. The molecule has 1 saturated heterocycles. The zero-order chi connectivity index (χ0) is 17.8. The number of carbonyl (C=O) groups excluding carboxylic acids is 1. The molecular weight excluding hydrogens is 425 g/mol. The van der Waals surface area contributed by atoms with E-state index >= 15 is 0 Å². The lowest BCUT2D eigenvalue weighted by atomic mass is 10.2. The molecule has 0 unspecified atom stereocenters. The van der Waals surface area contributed by atoms with E-state index in [4.69, 9.17) is 23.2 Å². The Hall–Kier alpha value is -1.27. The lowest BCUT2D eigenvalue weighted by molar-refractivity contribution is -0.117. The van der Waals surface area contributed by atoms with Crippen molar-refractivity contribution in [2.75, 3.05) is 42.9 Å². The van der Waals surface area contributed by atoms with Crippen LogP contribution in [0.25, 0.3) is 0 Å². The SMILES string of the molecule is O=C(CN1CCN(c2ccc(Cl)c(Cl)c2)CC1)Nc1ccccc1Br. The van der Waals surface area contributed by atoms with E-state index in [0.717, 1.165) is 42.0 Å². The number of amides is 1. The molecule has 0 saturated carbocycles. The predicted octanol–water partition coefficient (Wildman–Crippen LogP) is 4.52. The molecule has 132 valence electrons. The van der Waals surface area contributed by atoms with E-state index in [2.05, 4.69) is 31.0 Å². The maximum Gasteiger partial charge on any atom is 0.238 e. The van der Waals surface area contributed by atoms with E-state index in [1.165, 1.54) is 0 Å². The first-order chi connectivity index (χ1) is 12.0. The van der Waals surface area contributed by atoms with Crippen molar-refractivity contribution < 1.29 is 4.79 Å². The minimum Gasteiger partial charge on any atom is -0.369 e. The summed E-state index contributed by atoms with van der Waals surface area (Å²) < 4.78 is 0.882. The van der Waals surface area contributed by atoms with Crippen LogP contribution in [-0.4, -0.2) is 43.5 Å². The van der Waals surface area contributed by atoms with Crippen LogP contribution < -0.4 is 10.2 Å². The van der Waals surface area contributed by atoms with Crippen LogP contribution in [0.15, 0.2) is 46.9 Å². The fourth-order valence-corrected chi connectivity index (χ4v) is 3.48. The number of hydrogen-bond donors (Lipinski definition) is 1. The Morgan fingerprint density at radius 1 is 1.04 bits per heavy atom. The van der Waals surface area contributed by atoms with Crippen molar-refractivity contribution in [3.8, 4) is 0 Å². The van der Waals surface area contributed by atoms with Gasteiger partial charge >= 0.3 is 0 Å². The lowest BCUT2D eigenvalue weighted by Gasteiger charge is -2.35. The van der Waals surface area contributed by atoms with Gasteiger partial charge in [-0.2, -0.15) is 0 Å². The normalized spacial score (nSPS) is 15.2. The molecule has 2 aromatic rings. The van der Waals surface area contributed by atoms with Gasteiger partial charge in [0.2, 0.25) is 5.91 Å². The third kappa shape index (κ3) is 4.88. The highest BCUT2D eigenvalue weighted by molar-refractivity contribution is 9.10. The van der Waals surface area contributed by atoms with Crippen LogP contribution in [0.3, 0.4) is 0 Å². The van der Waals surface area contributed by atoms with Gasteiger partial charge in [0, 0.05) is 36.3 Å². The molecule has 2 aromatic carbocycles. The van der Waals surface area contributed by atoms with E-state index < -0.39 is 0 Å². The molecule has 0 radical (unpaired) electrons. The number of halogens is 3. The number of piperazine rings is 1. The van der Waals surface area contributed by atoms with Gasteiger partial charge in [0.1, 0.15) is 0 Å². The minimum absolute atomic E-state index is 0.00473. The van der Waals surface area contributed by atoms with E-state index in [0.29, 0.717) is 16.6 Å². The van der Waals surface area contributed by atoms with Gasteiger partial charge in [-0.25, -0.2) is 0 Å². The third-order valence-electron chi connectivity index (χ3n) is 4.16. The second-order valence-corrected chi connectivity index (χ2v) is 7.56. The number of rotatable bonds is 4. The standard InChI is InChI=1S/C18H18BrCl2N3O/c19-14-3-1-2-4-17(14)22-18(25)12-23-7-9-24(10-8-23)13-5-6-15(20)16(21)11-13/h1-6,11H,7-10,12H2,(H,22,25). The molecule has 1 N–H and O–H groups in total. The third-order valence-corrected chi connectivity index (χ3v) is 5.59. The van der Waals surface area contributed by atoms with Crippen LogP contribution in [0.4, 0.5) is 11.4 Å². The number of nitrogens with zero attached hydrogens (tertiary/aromatic N) is 2.